The number of benzene rings is 8. The maximum absolute atomic E-state index is 11.9. The average Bonchev–Trinajstić information content (AvgIpc) is 4.12. The van der Waals surface area contributed by atoms with Crippen LogP contribution in [0.4, 0.5) is 0 Å². The molecular weight excluding hydrogens is 863 g/mol. The summed E-state index contributed by atoms with van der Waals surface area (Å²) in [5.74, 6) is 0.696. The van der Waals surface area contributed by atoms with Crippen molar-refractivity contribution in [2.45, 2.75) is 77.5 Å². The van der Waals surface area contributed by atoms with E-state index in [0.29, 0.717) is 17.0 Å². The van der Waals surface area contributed by atoms with Crippen LogP contribution in [0.3, 0.4) is 0 Å². The molecule has 0 aliphatic heterocycles. The topological polar surface area (TPSA) is 50.9 Å². The summed E-state index contributed by atoms with van der Waals surface area (Å²) in [6.45, 7) is 11.1. The predicted octanol–water partition coefficient (Wildman–Crippen LogP) is 17.5. The zero-order valence-corrected chi connectivity index (χ0v) is 41.3. The van der Waals surface area contributed by atoms with Crippen LogP contribution in [-0.4, -0.2) is 19.6 Å². The molecule has 1 fully saturated rings. The minimum Gasteiger partial charge on any atom is -0.507 e. The van der Waals surface area contributed by atoms with Crippen molar-refractivity contribution in [3.63, 3.8) is 0 Å². The van der Waals surface area contributed by atoms with Gasteiger partial charge in [0.2, 0.25) is 0 Å². The number of nitrogens with zero attached hydrogens (tertiary/aromatic N) is 3. The highest BCUT2D eigenvalue weighted by atomic mass is 16.3. The quantitative estimate of drug-likeness (QED) is 0.141. The van der Waals surface area contributed by atoms with Crippen LogP contribution in [0.2, 0.25) is 0 Å². The molecule has 10 aromatic rings. The zero-order valence-electron chi connectivity index (χ0n) is 43.3. The maximum atomic E-state index is 11.9. The summed E-state index contributed by atoms with van der Waals surface area (Å²) in [5, 5.41) is 11.9. The summed E-state index contributed by atoms with van der Waals surface area (Å²) >= 11 is 0. The van der Waals surface area contributed by atoms with Gasteiger partial charge in [-0.25, -0.2) is 4.98 Å². The smallest absolute Gasteiger partial charge is 0.149 e. The monoisotopic (exact) mass is 925 g/mol. The van der Waals surface area contributed by atoms with Gasteiger partial charge in [-0.05, 0) is 134 Å². The molecule has 0 spiro atoms. The highest BCUT2D eigenvalue weighted by Crippen LogP contribution is 2.44. The van der Waals surface area contributed by atoms with Crippen LogP contribution in [0.1, 0.15) is 85.3 Å². The van der Waals surface area contributed by atoms with Gasteiger partial charge in [-0.3, -0.25) is 9.55 Å². The highest BCUT2D eigenvalue weighted by Gasteiger charge is 2.26. The Hall–Kier alpha value is -7.82. The average molecular weight is 926 g/mol. The lowest BCUT2D eigenvalue weighted by Gasteiger charge is -2.26. The Labute approximate surface area is 422 Å². The molecule has 4 nitrogen and oxygen atoms in total. The minimum atomic E-state index is -1.49. The highest BCUT2D eigenvalue weighted by molar-refractivity contribution is 5.98. The molecule has 1 saturated carbocycles. The minimum absolute atomic E-state index is 0.0372. The van der Waals surface area contributed by atoms with E-state index < -0.39 is 6.37 Å². The summed E-state index contributed by atoms with van der Waals surface area (Å²) < 4.78 is 21.2. The first kappa shape index (κ1) is 43.2. The van der Waals surface area contributed by atoms with Crippen molar-refractivity contribution in [2.24, 2.45) is 5.92 Å². The molecule has 1 N–H and O–H groups in total. The van der Waals surface area contributed by atoms with Gasteiger partial charge in [0.15, 0.2) is 0 Å². The SMILES string of the molecule is [2H]C([2H])(c1ccc(-n2c(-c3cc(C(C)(C)C)ccc3O)nc3c(-c4cc(-c5ccccc5)cc(-c5cc(-c6ccc(C(C)(C)c7ccccc7)cc6)ccn5)c4)cccc32)c(-c2ccccc2)c1)C1CCCC1. The Kier molecular flexibility index (Phi) is 11.5. The molecular formula is C67H61N3O. The third-order valence-corrected chi connectivity index (χ3v) is 14.7. The van der Waals surface area contributed by atoms with Gasteiger partial charge in [0, 0.05) is 31.0 Å². The number of hydrogen-bond donors (Lipinski definition) is 1. The first-order chi connectivity index (χ1) is 35.2. The van der Waals surface area contributed by atoms with Crippen LogP contribution in [-0.2, 0) is 17.2 Å². The van der Waals surface area contributed by atoms with Crippen molar-refractivity contribution >= 4 is 11.0 Å². The van der Waals surface area contributed by atoms with Crippen molar-refractivity contribution in [3.05, 3.63) is 229 Å². The number of fused-ring (bicyclic) bond motifs is 1. The van der Waals surface area contributed by atoms with E-state index in [2.05, 4.69) is 197 Å². The molecule has 0 radical (unpaired) electrons. The maximum Gasteiger partial charge on any atom is 0.149 e. The van der Waals surface area contributed by atoms with Crippen LogP contribution < -0.4 is 0 Å². The molecule has 350 valence electrons. The number of aromatic nitrogens is 3. The molecule has 0 amide bonds. The second-order valence-electron chi connectivity index (χ2n) is 20.8. The standard InChI is InChI=1S/C67H61N3O/c1-66(2,3)56-33-35-63(71)59(44-56)65-69-64-57(26-17-27-62(64)70(65)61-34-28-46(38-45-18-15-16-19-45)39-58(61)49-22-11-7-12-23-49)52-40-51(47-20-9-6-10-21-47)41-53(42-52)60-43-50(36-37-68-60)48-29-31-55(32-30-48)67(4,5)54-24-13-8-14-25-54/h6-14,17,20-37,39-45,71H,15-16,18-19,38H2,1-5H3/i38D2. The van der Waals surface area contributed by atoms with E-state index in [9.17, 15) is 7.85 Å². The van der Waals surface area contributed by atoms with Gasteiger partial charge in [0.25, 0.3) is 0 Å². The van der Waals surface area contributed by atoms with Gasteiger partial charge in [-0.1, -0.05) is 200 Å². The molecule has 0 bridgehead atoms. The lowest BCUT2D eigenvalue weighted by atomic mass is 9.78. The second kappa shape index (κ2) is 18.8. The molecule has 0 atom stereocenters. The van der Waals surface area contributed by atoms with Crippen molar-refractivity contribution in [2.75, 3.05) is 0 Å². The third-order valence-electron chi connectivity index (χ3n) is 14.7. The second-order valence-corrected chi connectivity index (χ2v) is 20.8. The molecule has 0 unspecified atom stereocenters. The summed E-state index contributed by atoms with van der Waals surface area (Å²) in [4.78, 5) is 10.6. The van der Waals surface area contributed by atoms with Crippen LogP contribution in [0.25, 0.3) is 83.9 Å². The molecule has 2 aromatic heterocycles. The van der Waals surface area contributed by atoms with Gasteiger partial charge in [-0.15, -0.1) is 0 Å². The summed E-state index contributed by atoms with van der Waals surface area (Å²) in [6, 6.07) is 69.6. The predicted molar refractivity (Wildman–Crippen MR) is 296 cm³/mol. The Morgan fingerprint density at radius 3 is 1.87 bits per heavy atom. The number of imidazole rings is 1. The lowest BCUT2D eigenvalue weighted by Crippen LogP contribution is -2.18. The molecule has 4 heteroatoms. The first-order valence-corrected chi connectivity index (χ1v) is 25.1. The molecule has 1 aliphatic carbocycles. The van der Waals surface area contributed by atoms with Gasteiger partial charge in [0.1, 0.15) is 11.6 Å². The van der Waals surface area contributed by atoms with Gasteiger partial charge < -0.3 is 5.11 Å². The number of phenolic OH excluding ortho intramolecular Hbond substituents is 1. The van der Waals surface area contributed by atoms with Crippen molar-refractivity contribution in [3.8, 4) is 78.6 Å². The Morgan fingerprint density at radius 1 is 0.521 bits per heavy atom. The van der Waals surface area contributed by atoms with Crippen LogP contribution in [0, 0.1) is 5.92 Å². The molecule has 1 aliphatic rings. The Bertz CT molecular complexity index is 3610. The Morgan fingerprint density at radius 2 is 1.15 bits per heavy atom. The number of hydrogen-bond acceptors (Lipinski definition) is 3. The van der Waals surface area contributed by atoms with E-state index in [0.717, 1.165) is 104 Å². The molecule has 11 rings (SSSR count). The van der Waals surface area contributed by atoms with E-state index in [4.69, 9.17) is 9.97 Å². The van der Waals surface area contributed by atoms with Crippen LogP contribution in [0.15, 0.2) is 206 Å². The van der Waals surface area contributed by atoms with E-state index in [1.807, 2.05) is 42.6 Å². The van der Waals surface area contributed by atoms with Crippen molar-refractivity contribution in [1.29, 1.82) is 0 Å². The molecule has 71 heavy (non-hydrogen) atoms. The van der Waals surface area contributed by atoms with Crippen LogP contribution in [0.5, 0.6) is 5.75 Å². The summed E-state index contributed by atoms with van der Waals surface area (Å²) in [7, 11) is 0. The fourth-order valence-electron chi connectivity index (χ4n) is 10.5. The molecule has 0 saturated heterocycles. The largest absolute Gasteiger partial charge is 0.507 e. The number of aromatic hydroxyl groups is 1. The van der Waals surface area contributed by atoms with Crippen molar-refractivity contribution < 1.29 is 7.85 Å². The van der Waals surface area contributed by atoms with Crippen molar-refractivity contribution in [1.82, 2.24) is 14.5 Å². The number of pyridine rings is 1. The fourth-order valence-corrected chi connectivity index (χ4v) is 10.5. The van der Waals surface area contributed by atoms with Gasteiger partial charge in [0.05, 0.1) is 28.0 Å². The van der Waals surface area contributed by atoms with Gasteiger partial charge in [-0.2, -0.15) is 0 Å². The summed E-state index contributed by atoms with van der Waals surface area (Å²) in [5.41, 5.74) is 17.0. The summed E-state index contributed by atoms with van der Waals surface area (Å²) in [6.07, 6.45) is 4.29. The first-order valence-electron chi connectivity index (χ1n) is 26.1. The lowest BCUT2D eigenvalue weighted by molar-refractivity contribution is 0.475. The number of para-hydroxylation sites is 1. The van der Waals surface area contributed by atoms with E-state index >= 15 is 0 Å². The van der Waals surface area contributed by atoms with Crippen LogP contribution >= 0.6 is 0 Å². The normalized spacial score (nSPS) is 13.9. The van der Waals surface area contributed by atoms with E-state index in [1.54, 1.807) is 6.07 Å². The zero-order chi connectivity index (χ0) is 50.5. The number of rotatable bonds is 11. The number of phenols is 1. The van der Waals surface area contributed by atoms with E-state index in [-0.39, 0.29) is 22.5 Å². The third kappa shape index (κ3) is 9.12. The fraction of sp³-hybridized carbons (Fsp3) is 0.194. The Balaban J connectivity index is 1.10. The molecule has 2 heterocycles. The molecule has 8 aromatic carbocycles. The van der Waals surface area contributed by atoms with E-state index in [1.165, 1.54) is 11.1 Å². The van der Waals surface area contributed by atoms with Gasteiger partial charge >= 0.3 is 0 Å².